The number of carbonyl (C=O) groups is 1. The summed E-state index contributed by atoms with van der Waals surface area (Å²) in [5.74, 6) is -0.241. The molecule has 5 nitrogen and oxygen atoms in total. The summed E-state index contributed by atoms with van der Waals surface area (Å²) in [5, 5.41) is 8.83. The molecule has 0 spiro atoms. The number of imidazole rings is 1. The van der Waals surface area contributed by atoms with Gasteiger partial charge in [0.25, 0.3) is 5.24 Å². The molecule has 16 heavy (non-hydrogen) atoms. The lowest BCUT2D eigenvalue weighted by Gasteiger charge is -1.99. The minimum Gasteiger partial charge on any atom is -0.493 e. The molecule has 0 fully saturated rings. The van der Waals surface area contributed by atoms with Crippen LogP contribution in [0.1, 0.15) is 10.4 Å². The Hall–Kier alpha value is -2.01. The van der Waals surface area contributed by atoms with Crippen molar-refractivity contribution in [2.24, 2.45) is 0 Å². The van der Waals surface area contributed by atoms with Crippen molar-refractivity contribution < 1.29 is 9.90 Å². The smallest absolute Gasteiger partial charge is 0.326 e. The molecule has 1 aromatic heterocycles. The Kier molecular flexibility index (Phi) is 2.54. The highest BCUT2D eigenvalue weighted by atomic mass is 35.5. The van der Waals surface area contributed by atoms with Crippen molar-refractivity contribution in [1.29, 1.82) is 0 Å². The van der Waals surface area contributed by atoms with Gasteiger partial charge < -0.3 is 10.1 Å². The predicted molar refractivity (Wildman–Crippen MR) is 58.7 cm³/mol. The Morgan fingerprint density at radius 3 is 2.25 bits per heavy atom. The molecular weight excluding hydrogens is 232 g/mol. The van der Waals surface area contributed by atoms with Crippen LogP contribution in [0.2, 0.25) is 0 Å². The van der Waals surface area contributed by atoms with Crippen molar-refractivity contribution >= 4 is 16.8 Å². The molecule has 0 atom stereocenters. The summed E-state index contributed by atoms with van der Waals surface area (Å²) in [7, 11) is 0. The summed E-state index contributed by atoms with van der Waals surface area (Å²) in [6.07, 6.45) is 0. The van der Waals surface area contributed by atoms with Crippen LogP contribution < -0.4 is 5.69 Å². The number of aromatic nitrogens is 2. The second kappa shape index (κ2) is 3.86. The second-order valence-electron chi connectivity index (χ2n) is 3.15. The Balaban J connectivity index is 2.46. The van der Waals surface area contributed by atoms with Gasteiger partial charge in [-0.25, -0.2) is 4.79 Å². The molecule has 2 aromatic rings. The largest absolute Gasteiger partial charge is 0.493 e. The molecule has 0 radical (unpaired) electrons. The number of carbonyl (C=O) groups excluding carboxylic acids is 1. The molecule has 82 valence electrons. The number of nitrogens with one attached hydrogen (secondary N) is 2. The van der Waals surface area contributed by atoms with E-state index in [1.54, 1.807) is 12.1 Å². The van der Waals surface area contributed by atoms with Gasteiger partial charge in [0.1, 0.15) is 5.69 Å². The summed E-state index contributed by atoms with van der Waals surface area (Å²) in [5.41, 5.74) is 0.712. The number of hydrogen-bond acceptors (Lipinski definition) is 3. The van der Waals surface area contributed by atoms with E-state index in [-0.39, 0.29) is 11.6 Å². The normalized spacial score (nSPS) is 10.3. The van der Waals surface area contributed by atoms with Gasteiger partial charge >= 0.3 is 5.69 Å². The summed E-state index contributed by atoms with van der Waals surface area (Å²) in [4.78, 5) is 26.4. The molecule has 0 saturated carbocycles. The predicted octanol–water partition coefficient (Wildman–Crippen LogP) is 1.45. The van der Waals surface area contributed by atoms with E-state index >= 15 is 0 Å². The Morgan fingerprint density at radius 1 is 1.19 bits per heavy atom. The van der Waals surface area contributed by atoms with Gasteiger partial charge in [-0.1, -0.05) is 12.1 Å². The minimum absolute atomic E-state index is 0.241. The molecule has 0 aliphatic carbocycles. The quantitative estimate of drug-likeness (QED) is 0.692. The topological polar surface area (TPSA) is 86.0 Å². The van der Waals surface area contributed by atoms with E-state index in [1.165, 1.54) is 12.1 Å². The molecule has 0 aliphatic rings. The maximum atomic E-state index is 10.9. The molecule has 2 rings (SSSR count). The van der Waals surface area contributed by atoms with Crippen molar-refractivity contribution in [2.75, 3.05) is 0 Å². The zero-order chi connectivity index (χ0) is 11.7. The highest BCUT2D eigenvalue weighted by molar-refractivity contribution is 6.67. The van der Waals surface area contributed by atoms with E-state index in [4.69, 9.17) is 11.6 Å². The number of aromatic amines is 2. The Morgan fingerprint density at radius 2 is 1.81 bits per heavy atom. The van der Waals surface area contributed by atoms with Gasteiger partial charge in [-0.15, -0.1) is 0 Å². The third-order valence-corrected chi connectivity index (χ3v) is 2.33. The molecule has 1 aromatic carbocycles. The van der Waals surface area contributed by atoms with Gasteiger partial charge in [0, 0.05) is 11.1 Å². The van der Waals surface area contributed by atoms with E-state index in [0.717, 1.165) is 0 Å². The Labute approximate surface area is 94.7 Å². The fourth-order valence-electron chi connectivity index (χ4n) is 1.35. The lowest BCUT2D eigenvalue weighted by Crippen LogP contribution is -2.00. The average molecular weight is 239 g/mol. The molecule has 1 heterocycles. The zero-order valence-corrected chi connectivity index (χ0v) is 8.71. The van der Waals surface area contributed by atoms with Crippen LogP contribution in [0.25, 0.3) is 11.3 Å². The Bertz CT molecular complexity index is 583. The number of benzene rings is 1. The van der Waals surface area contributed by atoms with Crippen LogP contribution in [0.5, 0.6) is 5.88 Å². The van der Waals surface area contributed by atoms with Gasteiger partial charge in [0.15, 0.2) is 0 Å². The second-order valence-corrected chi connectivity index (χ2v) is 3.50. The number of hydrogen-bond donors (Lipinski definition) is 3. The van der Waals surface area contributed by atoms with Crippen molar-refractivity contribution in [3.05, 3.63) is 40.3 Å². The highest BCUT2D eigenvalue weighted by Crippen LogP contribution is 2.23. The number of H-pyrrole nitrogens is 2. The van der Waals surface area contributed by atoms with E-state index in [9.17, 15) is 14.7 Å². The molecule has 6 heteroatoms. The maximum absolute atomic E-state index is 10.9. The maximum Gasteiger partial charge on any atom is 0.326 e. The van der Waals surface area contributed by atoms with Gasteiger partial charge in [0.05, 0.1) is 0 Å². The summed E-state index contributed by atoms with van der Waals surface area (Å²) >= 11 is 5.28. The highest BCUT2D eigenvalue weighted by Gasteiger charge is 2.08. The lowest BCUT2D eigenvalue weighted by molar-refractivity contribution is 0.108. The van der Waals surface area contributed by atoms with Crippen molar-refractivity contribution in [3.8, 4) is 17.1 Å². The fourth-order valence-corrected chi connectivity index (χ4v) is 1.48. The summed E-state index contributed by atoms with van der Waals surface area (Å²) < 4.78 is 0. The number of rotatable bonds is 2. The molecular formula is C10H7ClN2O3. The molecule has 3 N–H and O–H groups in total. The standard InChI is InChI=1S/C10H7ClN2O3/c11-8(14)6-3-1-5(2-4-6)7-9(15)13-10(16)12-7/h1-4,15H,(H2,12,13,16). The molecule has 0 aliphatic heterocycles. The first-order valence-electron chi connectivity index (χ1n) is 4.39. The van der Waals surface area contributed by atoms with Gasteiger partial charge in [-0.2, -0.15) is 0 Å². The van der Waals surface area contributed by atoms with E-state index in [1.807, 2.05) is 0 Å². The molecule has 0 bridgehead atoms. The van der Waals surface area contributed by atoms with Crippen LogP contribution in [0, 0.1) is 0 Å². The molecule has 0 saturated heterocycles. The van der Waals surface area contributed by atoms with E-state index in [0.29, 0.717) is 11.1 Å². The first-order chi connectivity index (χ1) is 7.58. The third kappa shape index (κ3) is 1.85. The molecule has 0 amide bonds. The van der Waals surface area contributed by atoms with Crippen LogP contribution in [0.3, 0.4) is 0 Å². The van der Waals surface area contributed by atoms with Crippen LogP contribution in [-0.4, -0.2) is 20.3 Å². The monoisotopic (exact) mass is 238 g/mol. The van der Waals surface area contributed by atoms with Crippen LogP contribution >= 0.6 is 11.6 Å². The summed E-state index contributed by atoms with van der Waals surface area (Å²) in [6, 6.07) is 6.17. The lowest BCUT2D eigenvalue weighted by atomic mass is 10.1. The zero-order valence-electron chi connectivity index (χ0n) is 7.95. The number of aromatic hydroxyl groups is 1. The number of halogens is 1. The van der Waals surface area contributed by atoms with Crippen LogP contribution in [0.4, 0.5) is 0 Å². The average Bonchev–Trinajstić information content (AvgIpc) is 2.58. The van der Waals surface area contributed by atoms with E-state index in [2.05, 4.69) is 9.97 Å². The summed E-state index contributed by atoms with van der Waals surface area (Å²) in [6.45, 7) is 0. The minimum atomic E-state index is -0.557. The van der Waals surface area contributed by atoms with Crippen molar-refractivity contribution in [2.45, 2.75) is 0 Å². The first kappa shape index (κ1) is 10.5. The fraction of sp³-hybridized carbons (Fsp3) is 0. The SMILES string of the molecule is O=C(Cl)c1ccc(-c2[nH]c(=O)[nH]c2O)cc1. The van der Waals surface area contributed by atoms with Gasteiger partial charge in [-0.05, 0) is 23.7 Å². The van der Waals surface area contributed by atoms with Crippen molar-refractivity contribution in [3.63, 3.8) is 0 Å². The first-order valence-corrected chi connectivity index (χ1v) is 4.77. The third-order valence-electron chi connectivity index (χ3n) is 2.11. The van der Waals surface area contributed by atoms with Gasteiger partial charge in [0.2, 0.25) is 5.88 Å². The van der Waals surface area contributed by atoms with Crippen LogP contribution in [-0.2, 0) is 0 Å². The molecule has 0 unspecified atom stereocenters. The van der Waals surface area contributed by atoms with Crippen molar-refractivity contribution in [1.82, 2.24) is 9.97 Å². The van der Waals surface area contributed by atoms with Crippen LogP contribution in [0.15, 0.2) is 29.1 Å². The van der Waals surface area contributed by atoms with E-state index < -0.39 is 10.9 Å². The van der Waals surface area contributed by atoms with Gasteiger partial charge in [-0.3, -0.25) is 9.78 Å².